The van der Waals surface area contributed by atoms with Crippen LogP contribution in [0.15, 0.2) is 69.7 Å². The molecule has 166 valence electrons. The maximum atomic E-state index is 13.0. The minimum atomic E-state index is -0.753. The lowest BCUT2D eigenvalue weighted by Gasteiger charge is -2.33. The summed E-state index contributed by atoms with van der Waals surface area (Å²) in [4.78, 5) is 25.7. The molecule has 0 spiro atoms. The van der Waals surface area contributed by atoms with Gasteiger partial charge >= 0.3 is 5.97 Å². The molecule has 1 atom stereocenters. The summed E-state index contributed by atoms with van der Waals surface area (Å²) in [6.45, 7) is 0.279. The predicted octanol–water partition coefficient (Wildman–Crippen LogP) is 5.15. The van der Waals surface area contributed by atoms with Crippen LogP contribution in [0.25, 0.3) is 0 Å². The van der Waals surface area contributed by atoms with Gasteiger partial charge in [-0.2, -0.15) is 0 Å². The molecule has 2 aromatic rings. The molecule has 6 nitrogen and oxygen atoms in total. The maximum absolute atomic E-state index is 13.0. The Morgan fingerprint density at radius 1 is 1.22 bits per heavy atom. The van der Waals surface area contributed by atoms with Gasteiger partial charge in [-0.25, -0.2) is 4.79 Å². The van der Waals surface area contributed by atoms with E-state index >= 15 is 0 Å². The largest absolute Gasteiger partial charge is 0.489 e. The number of rotatable bonds is 5. The van der Waals surface area contributed by atoms with Gasteiger partial charge in [0.15, 0.2) is 5.78 Å². The van der Waals surface area contributed by atoms with Gasteiger partial charge in [-0.15, -0.1) is 0 Å². The van der Waals surface area contributed by atoms with Crippen molar-refractivity contribution >= 4 is 39.3 Å². The van der Waals surface area contributed by atoms with E-state index in [0.29, 0.717) is 46.9 Å². The first-order valence-corrected chi connectivity index (χ1v) is 11.2. The minimum Gasteiger partial charge on any atom is -0.489 e. The molecule has 0 unspecified atom stereocenters. The summed E-state index contributed by atoms with van der Waals surface area (Å²) in [5, 5.41) is 0.638. The van der Waals surface area contributed by atoms with Crippen molar-refractivity contribution in [3.05, 3.63) is 85.9 Å². The average molecular weight is 519 g/mol. The van der Waals surface area contributed by atoms with Crippen molar-refractivity contribution < 1.29 is 23.8 Å². The van der Waals surface area contributed by atoms with Crippen LogP contribution >= 0.6 is 27.5 Å². The first-order chi connectivity index (χ1) is 15.4. The molecule has 4 rings (SSSR count). The summed E-state index contributed by atoms with van der Waals surface area (Å²) in [5.74, 6) is -0.514. The third-order valence-corrected chi connectivity index (χ3v) is 6.23. The summed E-state index contributed by atoms with van der Waals surface area (Å²) in [7, 11) is 1.27. The van der Waals surface area contributed by atoms with Gasteiger partial charge in [0.1, 0.15) is 23.7 Å². The maximum Gasteiger partial charge on any atom is 0.340 e. The molecule has 2 aromatic carbocycles. The standard InChI is InChI=1S/C24H21BrClNO5/c1-30-24(29)22-20(21-17(28)3-2-4-19(21)32-23(22)27)16-11-14(25)7-10-18(16)31-12-13-5-8-15(26)9-6-13/h5-11,20H,2-4,12,27H2,1H3/t20-/m1/s1. The smallest absolute Gasteiger partial charge is 0.340 e. The van der Waals surface area contributed by atoms with Crippen LogP contribution in [-0.4, -0.2) is 18.9 Å². The summed E-state index contributed by atoms with van der Waals surface area (Å²) < 4.78 is 17.6. The van der Waals surface area contributed by atoms with Gasteiger partial charge in [0, 0.05) is 33.5 Å². The van der Waals surface area contributed by atoms with E-state index < -0.39 is 11.9 Å². The van der Waals surface area contributed by atoms with Crippen molar-refractivity contribution in [2.24, 2.45) is 5.73 Å². The zero-order valence-electron chi connectivity index (χ0n) is 17.3. The van der Waals surface area contributed by atoms with Crippen molar-refractivity contribution in [2.45, 2.75) is 31.8 Å². The average Bonchev–Trinajstić information content (AvgIpc) is 2.78. The van der Waals surface area contributed by atoms with Crippen LogP contribution in [0.2, 0.25) is 5.02 Å². The van der Waals surface area contributed by atoms with E-state index in [0.717, 1.165) is 10.0 Å². The molecular formula is C24H21BrClNO5. The fourth-order valence-electron chi connectivity index (χ4n) is 3.99. The molecule has 8 heteroatoms. The number of esters is 1. The van der Waals surface area contributed by atoms with Crippen LogP contribution in [0.5, 0.6) is 5.75 Å². The number of ketones is 1. The van der Waals surface area contributed by atoms with Gasteiger partial charge in [0.05, 0.1) is 13.0 Å². The zero-order valence-corrected chi connectivity index (χ0v) is 19.7. The minimum absolute atomic E-state index is 0.0565. The summed E-state index contributed by atoms with van der Waals surface area (Å²) in [6.07, 6.45) is 1.62. The monoisotopic (exact) mass is 517 g/mol. The number of benzene rings is 2. The third kappa shape index (κ3) is 4.40. The summed E-state index contributed by atoms with van der Waals surface area (Å²) in [6, 6.07) is 12.8. The van der Waals surface area contributed by atoms with E-state index in [1.807, 2.05) is 24.3 Å². The third-order valence-electron chi connectivity index (χ3n) is 5.48. The molecule has 0 saturated carbocycles. The Kier molecular flexibility index (Phi) is 6.58. The number of carbonyl (C=O) groups excluding carboxylic acids is 2. The highest BCUT2D eigenvalue weighted by Crippen LogP contribution is 2.47. The Balaban J connectivity index is 1.80. The summed E-state index contributed by atoms with van der Waals surface area (Å²) in [5.41, 5.74) is 8.22. The van der Waals surface area contributed by atoms with E-state index in [4.69, 9.17) is 31.5 Å². The number of Topliss-reactive ketones (excluding diaryl/α,β-unsaturated/α-hetero) is 1. The SMILES string of the molecule is COC(=O)C1=C(N)OC2=C(C(=O)CCC2)[C@H]1c1cc(Br)ccc1OCc1ccc(Cl)cc1. The Morgan fingerprint density at radius 2 is 1.97 bits per heavy atom. The van der Waals surface area contributed by atoms with E-state index in [-0.39, 0.29) is 23.8 Å². The first-order valence-electron chi connectivity index (χ1n) is 10.1. The quantitative estimate of drug-likeness (QED) is 0.551. The van der Waals surface area contributed by atoms with Crippen molar-refractivity contribution in [1.29, 1.82) is 0 Å². The highest BCUT2D eigenvalue weighted by atomic mass is 79.9. The lowest BCUT2D eigenvalue weighted by molar-refractivity contribution is -0.136. The van der Waals surface area contributed by atoms with Crippen molar-refractivity contribution in [3.63, 3.8) is 0 Å². The van der Waals surface area contributed by atoms with Gasteiger partial charge in [-0.3, -0.25) is 4.79 Å². The van der Waals surface area contributed by atoms with Gasteiger partial charge < -0.3 is 19.9 Å². The first kappa shape index (κ1) is 22.4. The Bertz CT molecular complexity index is 1140. The molecule has 32 heavy (non-hydrogen) atoms. The molecule has 1 heterocycles. The number of carbonyl (C=O) groups is 2. The highest BCUT2D eigenvalue weighted by molar-refractivity contribution is 9.10. The van der Waals surface area contributed by atoms with Crippen molar-refractivity contribution in [3.8, 4) is 5.75 Å². The lowest BCUT2D eigenvalue weighted by atomic mass is 9.77. The van der Waals surface area contributed by atoms with E-state index in [1.165, 1.54) is 7.11 Å². The number of methoxy groups -OCH3 is 1. The van der Waals surface area contributed by atoms with Crippen molar-refractivity contribution in [2.75, 3.05) is 7.11 Å². The number of hydrogen-bond acceptors (Lipinski definition) is 6. The molecule has 0 fully saturated rings. The number of ether oxygens (including phenoxy) is 3. The van der Waals surface area contributed by atoms with Crippen LogP contribution in [0.1, 0.15) is 36.3 Å². The zero-order chi connectivity index (χ0) is 22.8. The number of allylic oxidation sites excluding steroid dienone is 2. The Hall–Kier alpha value is -2.77. The number of halogens is 2. The topological polar surface area (TPSA) is 87.9 Å². The van der Waals surface area contributed by atoms with Crippen molar-refractivity contribution in [1.82, 2.24) is 0 Å². The number of hydrogen-bond donors (Lipinski definition) is 1. The fraction of sp³-hybridized carbons (Fsp3) is 0.250. The second-order valence-corrected chi connectivity index (χ2v) is 8.87. The van der Waals surface area contributed by atoms with Gasteiger partial charge in [0.2, 0.25) is 5.88 Å². The second-order valence-electron chi connectivity index (χ2n) is 7.52. The fourth-order valence-corrected chi connectivity index (χ4v) is 4.50. The molecule has 1 aliphatic heterocycles. The molecule has 1 aliphatic carbocycles. The molecule has 0 amide bonds. The van der Waals surface area contributed by atoms with Crippen LogP contribution in [-0.2, 0) is 25.7 Å². The van der Waals surface area contributed by atoms with Crippen LogP contribution in [0.3, 0.4) is 0 Å². The molecule has 0 radical (unpaired) electrons. The molecule has 0 saturated heterocycles. The van der Waals surface area contributed by atoms with Crippen LogP contribution < -0.4 is 10.5 Å². The molecule has 0 aromatic heterocycles. The normalized spacial score (nSPS) is 18.2. The van der Waals surface area contributed by atoms with E-state index in [2.05, 4.69) is 15.9 Å². The van der Waals surface area contributed by atoms with Gasteiger partial charge in [-0.1, -0.05) is 39.7 Å². The second kappa shape index (κ2) is 9.38. The summed E-state index contributed by atoms with van der Waals surface area (Å²) >= 11 is 9.46. The molecular weight excluding hydrogens is 498 g/mol. The van der Waals surface area contributed by atoms with Crippen LogP contribution in [0, 0.1) is 0 Å². The lowest BCUT2D eigenvalue weighted by Crippen LogP contribution is -2.31. The van der Waals surface area contributed by atoms with E-state index in [9.17, 15) is 9.59 Å². The van der Waals surface area contributed by atoms with E-state index in [1.54, 1.807) is 18.2 Å². The van der Waals surface area contributed by atoms with Gasteiger partial charge in [-0.05, 0) is 42.3 Å². The van der Waals surface area contributed by atoms with Gasteiger partial charge in [0.25, 0.3) is 0 Å². The number of nitrogens with two attached hydrogens (primary N) is 1. The van der Waals surface area contributed by atoms with Crippen LogP contribution in [0.4, 0.5) is 0 Å². The molecule has 2 aliphatic rings. The Morgan fingerprint density at radius 3 is 2.69 bits per heavy atom. The predicted molar refractivity (Wildman–Crippen MR) is 123 cm³/mol. The highest BCUT2D eigenvalue weighted by Gasteiger charge is 2.42. The molecule has 2 N–H and O–H groups in total. The molecule has 0 bridgehead atoms. The Labute approximate surface area is 199 Å².